The van der Waals surface area contributed by atoms with Gasteiger partial charge in [-0.05, 0) is 47.4 Å². The first-order chi connectivity index (χ1) is 13.4. The maximum absolute atomic E-state index is 14.7. The SMILES string of the molecule is CCc1cccc(-c2cc(F)c(NC(=O)c3ccccc3C(=O)O)c(Cl)c2)c1. The van der Waals surface area contributed by atoms with Crippen LogP contribution in [0.4, 0.5) is 10.1 Å². The molecule has 0 unspecified atom stereocenters. The summed E-state index contributed by atoms with van der Waals surface area (Å²) in [4.78, 5) is 23.8. The summed E-state index contributed by atoms with van der Waals surface area (Å²) < 4.78 is 14.7. The van der Waals surface area contributed by atoms with Gasteiger partial charge < -0.3 is 10.4 Å². The number of aromatic carboxylic acids is 1. The summed E-state index contributed by atoms with van der Waals surface area (Å²) in [7, 11) is 0. The number of hydrogen-bond acceptors (Lipinski definition) is 2. The number of hydrogen-bond donors (Lipinski definition) is 2. The molecule has 28 heavy (non-hydrogen) atoms. The molecule has 0 radical (unpaired) electrons. The van der Waals surface area contributed by atoms with Crippen LogP contribution in [0.25, 0.3) is 11.1 Å². The number of amides is 1. The van der Waals surface area contributed by atoms with E-state index in [1.54, 1.807) is 6.07 Å². The molecule has 2 N–H and O–H groups in total. The number of benzene rings is 3. The van der Waals surface area contributed by atoms with E-state index < -0.39 is 17.7 Å². The van der Waals surface area contributed by atoms with Crippen LogP contribution < -0.4 is 5.32 Å². The fourth-order valence-electron chi connectivity index (χ4n) is 2.88. The Kier molecular flexibility index (Phi) is 5.76. The van der Waals surface area contributed by atoms with Crippen LogP contribution in [-0.2, 0) is 6.42 Å². The van der Waals surface area contributed by atoms with Crippen LogP contribution in [-0.4, -0.2) is 17.0 Å². The molecular weight excluding hydrogens is 381 g/mol. The number of carbonyl (C=O) groups is 2. The van der Waals surface area contributed by atoms with Gasteiger partial charge in [-0.2, -0.15) is 0 Å². The number of rotatable bonds is 5. The molecule has 0 aliphatic rings. The van der Waals surface area contributed by atoms with Gasteiger partial charge >= 0.3 is 5.97 Å². The largest absolute Gasteiger partial charge is 0.478 e. The lowest BCUT2D eigenvalue weighted by atomic mass is 10.0. The molecular formula is C22H17ClFNO3. The van der Waals surface area contributed by atoms with Crippen LogP contribution in [0.5, 0.6) is 0 Å². The molecule has 0 aromatic heterocycles. The van der Waals surface area contributed by atoms with Crippen molar-refractivity contribution in [3.05, 3.63) is 88.2 Å². The van der Waals surface area contributed by atoms with E-state index in [1.807, 2.05) is 31.2 Å². The summed E-state index contributed by atoms with van der Waals surface area (Å²) in [5.41, 5.74) is 2.06. The van der Waals surface area contributed by atoms with Crippen LogP contribution in [0.3, 0.4) is 0 Å². The smallest absolute Gasteiger partial charge is 0.336 e. The molecule has 6 heteroatoms. The van der Waals surface area contributed by atoms with Gasteiger partial charge in [0.15, 0.2) is 0 Å². The summed E-state index contributed by atoms with van der Waals surface area (Å²) in [5, 5.41) is 11.6. The van der Waals surface area contributed by atoms with E-state index in [9.17, 15) is 19.1 Å². The molecule has 0 fully saturated rings. The monoisotopic (exact) mass is 397 g/mol. The highest BCUT2D eigenvalue weighted by Crippen LogP contribution is 2.32. The number of carboxylic acids is 1. The van der Waals surface area contributed by atoms with Gasteiger partial charge in [0.1, 0.15) is 5.82 Å². The fraction of sp³-hybridized carbons (Fsp3) is 0.0909. The van der Waals surface area contributed by atoms with E-state index in [0.717, 1.165) is 17.5 Å². The maximum Gasteiger partial charge on any atom is 0.336 e. The number of halogens is 2. The molecule has 0 bridgehead atoms. The van der Waals surface area contributed by atoms with Crippen molar-refractivity contribution >= 4 is 29.2 Å². The van der Waals surface area contributed by atoms with E-state index in [-0.39, 0.29) is 21.8 Å². The molecule has 0 aliphatic heterocycles. The van der Waals surface area contributed by atoms with Crippen LogP contribution in [0.2, 0.25) is 5.02 Å². The van der Waals surface area contributed by atoms with Crippen LogP contribution >= 0.6 is 11.6 Å². The van der Waals surface area contributed by atoms with Crippen molar-refractivity contribution in [1.82, 2.24) is 0 Å². The Morgan fingerprint density at radius 2 is 1.71 bits per heavy atom. The van der Waals surface area contributed by atoms with Gasteiger partial charge in [-0.25, -0.2) is 9.18 Å². The first kappa shape index (κ1) is 19.6. The Labute approximate surface area is 166 Å². The molecule has 0 atom stereocenters. The van der Waals surface area contributed by atoms with Crippen LogP contribution in [0.1, 0.15) is 33.2 Å². The Morgan fingerprint density at radius 3 is 2.36 bits per heavy atom. The number of aryl methyl sites for hydroxylation is 1. The number of anilines is 1. The summed E-state index contributed by atoms with van der Waals surface area (Å²) in [6.07, 6.45) is 0.848. The predicted octanol–water partition coefficient (Wildman–Crippen LogP) is 5.66. The second kappa shape index (κ2) is 8.23. The number of carboxylic acid groups (broad SMARTS) is 1. The molecule has 0 saturated carbocycles. The molecule has 0 aliphatic carbocycles. The van der Waals surface area contributed by atoms with Crippen molar-refractivity contribution in [2.45, 2.75) is 13.3 Å². The highest BCUT2D eigenvalue weighted by Gasteiger charge is 2.19. The maximum atomic E-state index is 14.7. The summed E-state index contributed by atoms with van der Waals surface area (Å²) in [6, 6.07) is 16.2. The zero-order chi connectivity index (χ0) is 20.3. The molecule has 0 heterocycles. The third-order valence-electron chi connectivity index (χ3n) is 4.35. The Balaban J connectivity index is 1.94. The molecule has 4 nitrogen and oxygen atoms in total. The minimum absolute atomic E-state index is 0.0260. The molecule has 142 valence electrons. The van der Waals surface area contributed by atoms with Gasteiger partial charge in [-0.3, -0.25) is 4.79 Å². The van der Waals surface area contributed by atoms with Gasteiger partial charge in [0.25, 0.3) is 5.91 Å². The van der Waals surface area contributed by atoms with Crippen molar-refractivity contribution in [2.75, 3.05) is 5.32 Å². The van der Waals surface area contributed by atoms with Crippen molar-refractivity contribution in [2.24, 2.45) is 0 Å². The van der Waals surface area contributed by atoms with Crippen molar-refractivity contribution in [3.8, 4) is 11.1 Å². The zero-order valence-corrected chi connectivity index (χ0v) is 15.8. The van der Waals surface area contributed by atoms with E-state index >= 15 is 0 Å². The first-order valence-corrected chi connectivity index (χ1v) is 9.00. The predicted molar refractivity (Wildman–Crippen MR) is 108 cm³/mol. The van der Waals surface area contributed by atoms with E-state index in [1.165, 1.54) is 30.3 Å². The second-order valence-corrected chi connectivity index (χ2v) is 6.58. The Morgan fingerprint density at radius 1 is 1.00 bits per heavy atom. The lowest BCUT2D eigenvalue weighted by Gasteiger charge is -2.12. The quantitative estimate of drug-likeness (QED) is 0.583. The topological polar surface area (TPSA) is 66.4 Å². The van der Waals surface area contributed by atoms with Crippen LogP contribution in [0.15, 0.2) is 60.7 Å². The highest BCUT2D eigenvalue weighted by atomic mass is 35.5. The average molecular weight is 398 g/mol. The van der Waals surface area contributed by atoms with Crippen LogP contribution in [0, 0.1) is 5.82 Å². The zero-order valence-electron chi connectivity index (χ0n) is 15.0. The fourth-order valence-corrected chi connectivity index (χ4v) is 3.13. The molecule has 3 aromatic carbocycles. The van der Waals surface area contributed by atoms with Gasteiger partial charge in [0, 0.05) is 0 Å². The molecule has 3 aromatic rings. The van der Waals surface area contributed by atoms with Crippen molar-refractivity contribution in [3.63, 3.8) is 0 Å². The number of carbonyl (C=O) groups excluding carboxylic acids is 1. The molecule has 1 amide bonds. The van der Waals surface area contributed by atoms with E-state index in [0.29, 0.717) is 5.56 Å². The summed E-state index contributed by atoms with van der Waals surface area (Å²) in [5.74, 6) is -2.70. The highest BCUT2D eigenvalue weighted by molar-refractivity contribution is 6.34. The minimum Gasteiger partial charge on any atom is -0.478 e. The Hall–Kier alpha value is -3.18. The molecule has 3 rings (SSSR count). The van der Waals surface area contributed by atoms with Gasteiger partial charge in [-0.1, -0.05) is 54.9 Å². The van der Waals surface area contributed by atoms with Gasteiger partial charge in [0.05, 0.1) is 21.8 Å². The summed E-state index contributed by atoms with van der Waals surface area (Å²) >= 11 is 6.22. The lowest BCUT2D eigenvalue weighted by Crippen LogP contribution is -2.17. The standard InChI is InChI=1S/C22H17ClFNO3/c1-2-13-6-5-7-14(10-13)15-11-18(23)20(19(24)12-15)25-21(26)16-8-3-4-9-17(16)22(27)28/h3-12H,2H2,1H3,(H,25,26)(H,27,28). The molecule has 0 saturated heterocycles. The Bertz CT molecular complexity index is 1040. The van der Waals surface area contributed by atoms with E-state index in [4.69, 9.17) is 11.6 Å². The minimum atomic E-state index is -1.25. The molecule has 0 spiro atoms. The lowest BCUT2D eigenvalue weighted by molar-refractivity contribution is 0.0692. The summed E-state index contributed by atoms with van der Waals surface area (Å²) in [6.45, 7) is 2.03. The first-order valence-electron chi connectivity index (χ1n) is 8.62. The van der Waals surface area contributed by atoms with Gasteiger partial charge in [0.2, 0.25) is 0 Å². The third-order valence-corrected chi connectivity index (χ3v) is 4.65. The van der Waals surface area contributed by atoms with Gasteiger partial charge in [-0.15, -0.1) is 0 Å². The van der Waals surface area contributed by atoms with E-state index in [2.05, 4.69) is 5.32 Å². The van der Waals surface area contributed by atoms with Crippen molar-refractivity contribution in [1.29, 1.82) is 0 Å². The average Bonchev–Trinajstić information content (AvgIpc) is 2.70. The normalized spacial score (nSPS) is 10.5. The second-order valence-electron chi connectivity index (χ2n) is 6.17. The van der Waals surface area contributed by atoms with Crippen molar-refractivity contribution < 1.29 is 19.1 Å². The number of nitrogens with one attached hydrogen (secondary N) is 1. The third kappa shape index (κ3) is 4.05.